The molecule has 0 radical (unpaired) electrons. The fraction of sp³-hybridized carbons (Fsp3) is 0.625. The quantitative estimate of drug-likeness (QED) is 0.798. The van der Waals surface area contributed by atoms with Crippen molar-refractivity contribution >= 4 is 11.6 Å². The summed E-state index contributed by atoms with van der Waals surface area (Å²) in [7, 11) is 0. The largest absolute Gasteiger partial charge is 0.417 e. The SMILES string of the molecule is CC(=O)Nc1cc(C(F)(F)F)cn(CCCN2CCCC(F)(F)C2)c1=O. The first kappa shape index (κ1) is 20.3. The summed E-state index contributed by atoms with van der Waals surface area (Å²) in [4.78, 5) is 24.9. The van der Waals surface area contributed by atoms with Crippen molar-refractivity contribution < 1.29 is 26.7 Å². The number of alkyl halides is 5. The van der Waals surface area contributed by atoms with Gasteiger partial charge in [-0.25, -0.2) is 8.78 Å². The van der Waals surface area contributed by atoms with E-state index in [9.17, 15) is 31.5 Å². The van der Waals surface area contributed by atoms with Gasteiger partial charge < -0.3 is 9.88 Å². The lowest BCUT2D eigenvalue weighted by molar-refractivity contribution is -0.138. The van der Waals surface area contributed by atoms with Crippen molar-refractivity contribution in [3.05, 3.63) is 28.2 Å². The number of amides is 1. The molecule has 1 aromatic heterocycles. The van der Waals surface area contributed by atoms with Crippen LogP contribution in [-0.4, -0.2) is 40.9 Å². The number of carbonyl (C=O) groups is 1. The molecule has 26 heavy (non-hydrogen) atoms. The lowest BCUT2D eigenvalue weighted by Crippen LogP contribution is -2.43. The Bertz CT molecular complexity index is 715. The number of nitrogens with one attached hydrogen (secondary N) is 1. The predicted molar refractivity (Wildman–Crippen MR) is 85.2 cm³/mol. The Hall–Kier alpha value is -1.97. The van der Waals surface area contributed by atoms with E-state index in [0.29, 0.717) is 25.2 Å². The van der Waals surface area contributed by atoms with E-state index in [4.69, 9.17) is 0 Å². The summed E-state index contributed by atoms with van der Waals surface area (Å²) in [5.74, 6) is -3.42. The highest BCUT2D eigenvalue weighted by molar-refractivity contribution is 5.88. The van der Waals surface area contributed by atoms with Crippen LogP contribution in [0.15, 0.2) is 17.1 Å². The van der Waals surface area contributed by atoms with Crippen LogP contribution in [0.25, 0.3) is 0 Å². The molecule has 0 unspecified atom stereocenters. The van der Waals surface area contributed by atoms with E-state index >= 15 is 0 Å². The van der Waals surface area contributed by atoms with Crippen LogP contribution in [0.1, 0.15) is 31.7 Å². The second kappa shape index (κ2) is 7.73. The highest BCUT2D eigenvalue weighted by Gasteiger charge is 2.35. The van der Waals surface area contributed by atoms with Gasteiger partial charge in [-0.3, -0.25) is 14.5 Å². The summed E-state index contributed by atoms with van der Waals surface area (Å²) in [6, 6.07) is 0.589. The molecule has 1 amide bonds. The van der Waals surface area contributed by atoms with E-state index in [1.165, 1.54) is 4.90 Å². The first-order chi connectivity index (χ1) is 12.0. The van der Waals surface area contributed by atoms with Crippen molar-refractivity contribution in [2.75, 3.05) is 25.0 Å². The van der Waals surface area contributed by atoms with Gasteiger partial charge in [-0.05, 0) is 25.5 Å². The molecule has 1 saturated heterocycles. The van der Waals surface area contributed by atoms with Crippen LogP contribution in [0.5, 0.6) is 0 Å². The van der Waals surface area contributed by atoms with E-state index in [-0.39, 0.29) is 32.5 Å². The average Bonchev–Trinajstić information content (AvgIpc) is 2.48. The van der Waals surface area contributed by atoms with Crippen LogP contribution < -0.4 is 10.9 Å². The number of likely N-dealkylation sites (tertiary alicyclic amines) is 1. The van der Waals surface area contributed by atoms with Crippen LogP contribution >= 0.6 is 0 Å². The third kappa shape index (κ3) is 5.52. The molecule has 0 aliphatic carbocycles. The maximum absolute atomic E-state index is 13.4. The molecule has 5 nitrogen and oxygen atoms in total. The maximum Gasteiger partial charge on any atom is 0.417 e. The zero-order chi connectivity index (χ0) is 19.5. The maximum atomic E-state index is 13.4. The van der Waals surface area contributed by atoms with Crippen molar-refractivity contribution in [3.8, 4) is 0 Å². The van der Waals surface area contributed by atoms with E-state index in [0.717, 1.165) is 11.5 Å². The number of piperidine rings is 1. The Balaban J connectivity index is 2.12. The summed E-state index contributed by atoms with van der Waals surface area (Å²) < 4.78 is 66.6. The number of nitrogens with zero attached hydrogens (tertiary/aromatic N) is 2. The zero-order valence-electron chi connectivity index (χ0n) is 14.2. The third-order valence-corrected chi connectivity index (χ3v) is 4.07. The first-order valence-corrected chi connectivity index (χ1v) is 8.17. The van der Waals surface area contributed by atoms with Crippen molar-refractivity contribution in [3.63, 3.8) is 0 Å². The minimum absolute atomic E-state index is 0.0720. The Kier molecular flexibility index (Phi) is 6.05. The molecule has 0 saturated carbocycles. The Labute approximate surface area is 146 Å². The van der Waals surface area contributed by atoms with Gasteiger partial charge >= 0.3 is 6.18 Å². The van der Waals surface area contributed by atoms with Crippen molar-refractivity contribution in [1.82, 2.24) is 9.47 Å². The Morgan fingerprint density at radius 1 is 1.31 bits per heavy atom. The molecular formula is C16H20F5N3O2. The standard InChI is InChI=1S/C16H20F5N3O2/c1-11(25)22-13-8-12(16(19,20)21)9-24(14(13)26)7-3-6-23-5-2-4-15(17,18)10-23/h8-9H,2-7,10H2,1H3,(H,22,25). The minimum Gasteiger partial charge on any atom is -0.322 e. The zero-order valence-corrected chi connectivity index (χ0v) is 14.2. The normalized spacial score (nSPS) is 17.9. The van der Waals surface area contributed by atoms with Crippen molar-refractivity contribution in [2.45, 2.75) is 44.8 Å². The number of halogens is 5. The highest BCUT2D eigenvalue weighted by atomic mass is 19.4. The van der Waals surface area contributed by atoms with Crippen LogP contribution in [0.3, 0.4) is 0 Å². The number of pyridine rings is 1. The molecule has 1 N–H and O–H groups in total. The molecule has 1 aliphatic rings. The number of carbonyl (C=O) groups excluding carboxylic acids is 1. The molecular weight excluding hydrogens is 361 g/mol. The number of rotatable bonds is 5. The summed E-state index contributed by atoms with van der Waals surface area (Å²) in [5, 5.41) is 2.09. The Morgan fingerprint density at radius 3 is 2.58 bits per heavy atom. The summed E-state index contributed by atoms with van der Waals surface area (Å²) in [6.45, 7) is 1.36. The van der Waals surface area contributed by atoms with Gasteiger partial charge in [0.2, 0.25) is 5.91 Å². The van der Waals surface area contributed by atoms with E-state index in [1.807, 2.05) is 0 Å². The molecule has 2 rings (SSSR count). The lowest BCUT2D eigenvalue weighted by atomic mass is 10.1. The monoisotopic (exact) mass is 381 g/mol. The second-order valence-electron chi connectivity index (χ2n) is 6.41. The molecule has 2 heterocycles. The van der Waals surface area contributed by atoms with Crippen LogP contribution in [0, 0.1) is 0 Å². The number of hydrogen-bond donors (Lipinski definition) is 1. The van der Waals surface area contributed by atoms with Gasteiger partial charge in [0.05, 0.1) is 12.1 Å². The Morgan fingerprint density at radius 2 is 2.00 bits per heavy atom. The molecule has 0 spiro atoms. The van der Waals surface area contributed by atoms with Gasteiger partial charge in [0.25, 0.3) is 11.5 Å². The van der Waals surface area contributed by atoms with Crippen LogP contribution in [-0.2, 0) is 17.5 Å². The molecule has 1 aliphatic heterocycles. The molecule has 0 aromatic carbocycles. The fourth-order valence-corrected chi connectivity index (χ4v) is 2.94. The predicted octanol–water partition coefficient (Wildman–Crippen LogP) is 2.95. The third-order valence-electron chi connectivity index (χ3n) is 4.07. The molecule has 10 heteroatoms. The molecule has 146 valence electrons. The topological polar surface area (TPSA) is 54.3 Å². The van der Waals surface area contributed by atoms with E-state index in [1.54, 1.807) is 0 Å². The highest BCUT2D eigenvalue weighted by Crippen LogP contribution is 2.30. The summed E-state index contributed by atoms with van der Waals surface area (Å²) >= 11 is 0. The van der Waals surface area contributed by atoms with Crippen molar-refractivity contribution in [1.29, 1.82) is 0 Å². The van der Waals surface area contributed by atoms with Gasteiger partial charge in [0, 0.05) is 32.6 Å². The van der Waals surface area contributed by atoms with Gasteiger partial charge in [-0.1, -0.05) is 0 Å². The number of aryl methyl sites for hydroxylation is 1. The summed E-state index contributed by atoms with van der Waals surface area (Å²) in [5.41, 5.74) is -2.29. The van der Waals surface area contributed by atoms with Crippen LogP contribution in [0.4, 0.5) is 27.6 Å². The van der Waals surface area contributed by atoms with E-state index < -0.39 is 34.8 Å². The fourth-order valence-electron chi connectivity index (χ4n) is 2.94. The molecule has 0 bridgehead atoms. The minimum atomic E-state index is -4.68. The summed E-state index contributed by atoms with van der Waals surface area (Å²) in [6.07, 6.45) is -3.59. The van der Waals surface area contributed by atoms with Gasteiger partial charge in [-0.2, -0.15) is 13.2 Å². The van der Waals surface area contributed by atoms with Crippen LogP contribution in [0.2, 0.25) is 0 Å². The van der Waals surface area contributed by atoms with E-state index in [2.05, 4.69) is 5.32 Å². The number of hydrogen-bond acceptors (Lipinski definition) is 3. The smallest absolute Gasteiger partial charge is 0.322 e. The molecule has 0 atom stereocenters. The lowest BCUT2D eigenvalue weighted by Gasteiger charge is -2.32. The van der Waals surface area contributed by atoms with Crippen molar-refractivity contribution in [2.24, 2.45) is 0 Å². The number of anilines is 1. The molecule has 1 aromatic rings. The van der Waals surface area contributed by atoms with Gasteiger partial charge in [-0.15, -0.1) is 0 Å². The van der Waals surface area contributed by atoms with Gasteiger partial charge in [0.1, 0.15) is 5.69 Å². The first-order valence-electron chi connectivity index (χ1n) is 8.17. The molecule has 1 fully saturated rings. The second-order valence-corrected chi connectivity index (χ2v) is 6.41. The number of aromatic nitrogens is 1. The average molecular weight is 381 g/mol. The van der Waals surface area contributed by atoms with Gasteiger partial charge in [0.15, 0.2) is 0 Å².